The zero-order valence-electron chi connectivity index (χ0n) is 9.25. The summed E-state index contributed by atoms with van der Waals surface area (Å²) in [5, 5.41) is 7.64. The highest BCUT2D eigenvalue weighted by Gasteiger charge is 2.28. The minimum absolute atomic E-state index is 0.635. The smallest absolute Gasteiger partial charge is 0.0524 e. The number of likely N-dealkylation sites (N-methyl/N-ethyl adjacent to an activating group) is 1. The molecular formula is C11H19N3. The second kappa shape index (κ2) is 3.73. The first-order valence-electron chi connectivity index (χ1n) is 5.39. The first-order valence-corrected chi connectivity index (χ1v) is 5.39. The van der Waals surface area contributed by atoms with E-state index in [0.717, 1.165) is 12.5 Å². The highest BCUT2D eigenvalue weighted by Crippen LogP contribution is 2.34. The lowest BCUT2D eigenvalue weighted by Crippen LogP contribution is -2.28. The highest BCUT2D eigenvalue weighted by molar-refractivity contribution is 5.26. The average Bonchev–Trinajstić information content (AvgIpc) is 2.53. The van der Waals surface area contributed by atoms with E-state index in [0.29, 0.717) is 5.92 Å². The molecule has 0 radical (unpaired) electrons. The van der Waals surface area contributed by atoms with Crippen LogP contribution in [0.3, 0.4) is 0 Å². The number of aryl methyl sites for hydroxylation is 2. The molecule has 2 atom stereocenters. The van der Waals surface area contributed by atoms with Gasteiger partial charge in [0.15, 0.2) is 0 Å². The van der Waals surface area contributed by atoms with Gasteiger partial charge in [-0.25, -0.2) is 0 Å². The number of hydrogen-bond donors (Lipinski definition) is 1. The van der Waals surface area contributed by atoms with Crippen LogP contribution in [-0.2, 0) is 13.5 Å². The molecule has 1 aliphatic carbocycles. The molecule has 0 amide bonds. The van der Waals surface area contributed by atoms with E-state index in [1.165, 1.54) is 24.1 Å². The third-order valence-corrected chi connectivity index (χ3v) is 3.40. The van der Waals surface area contributed by atoms with Gasteiger partial charge in [0.25, 0.3) is 0 Å². The van der Waals surface area contributed by atoms with Crippen LogP contribution >= 0.6 is 0 Å². The summed E-state index contributed by atoms with van der Waals surface area (Å²) in [6, 6.07) is 0. The molecule has 1 aliphatic rings. The van der Waals surface area contributed by atoms with Crippen LogP contribution < -0.4 is 5.32 Å². The van der Waals surface area contributed by atoms with Crippen LogP contribution in [0.2, 0.25) is 0 Å². The zero-order valence-corrected chi connectivity index (χ0v) is 9.25. The summed E-state index contributed by atoms with van der Waals surface area (Å²) in [5.41, 5.74) is 2.89. The van der Waals surface area contributed by atoms with Gasteiger partial charge in [0.1, 0.15) is 0 Å². The molecule has 3 nitrogen and oxygen atoms in total. The fourth-order valence-electron chi connectivity index (χ4n) is 2.53. The van der Waals surface area contributed by atoms with Crippen molar-refractivity contribution in [1.82, 2.24) is 15.1 Å². The molecule has 0 spiro atoms. The van der Waals surface area contributed by atoms with E-state index in [9.17, 15) is 0 Å². The fourth-order valence-corrected chi connectivity index (χ4v) is 2.53. The van der Waals surface area contributed by atoms with E-state index < -0.39 is 0 Å². The van der Waals surface area contributed by atoms with Gasteiger partial charge in [-0.1, -0.05) is 6.92 Å². The maximum Gasteiger partial charge on any atom is 0.0524 e. The van der Waals surface area contributed by atoms with E-state index in [2.05, 4.69) is 24.4 Å². The molecule has 1 aromatic rings. The molecule has 0 saturated carbocycles. The average molecular weight is 193 g/mol. The van der Waals surface area contributed by atoms with E-state index in [-0.39, 0.29) is 0 Å². The van der Waals surface area contributed by atoms with Crippen molar-refractivity contribution >= 4 is 0 Å². The maximum absolute atomic E-state index is 4.35. The number of hydrogen-bond acceptors (Lipinski definition) is 2. The van der Waals surface area contributed by atoms with Gasteiger partial charge in [-0.2, -0.15) is 5.10 Å². The molecule has 0 fully saturated rings. The number of aromatic nitrogens is 2. The Morgan fingerprint density at radius 2 is 2.43 bits per heavy atom. The Labute approximate surface area is 85.5 Å². The highest BCUT2D eigenvalue weighted by atomic mass is 15.3. The topological polar surface area (TPSA) is 29.9 Å². The van der Waals surface area contributed by atoms with Crippen LogP contribution in [-0.4, -0.2) is 23.4 Å². The predicted octanol–water partition coefficient (Wildman–Crippen LogP) is 1.31. The SMILES string of the molecule is CNCC1c2c(cnn2C)CCC1C. The lowest BCUT2D eigenvalue weighted by molar-refractivity contribution is 0.375. The zero-order chi connectivity index (χ0) is 10.1. The molecule has 0 saturated heterocycles. The van der Waals surface area contributed by atoms with Crippen LogP contribution in [0.4, 0.5) is 0 Å². The summed E-state index contributed by atoms with van der Waals surface area (Å²) < 4.78 is 2.05. The lowest BCUT2D eigenvalue weighted by Gasteiger charge is -2.29. The molecule has 3 heteroatoms. The number of rotatable bonds is 2. The number of nitrogens with zero attached hydrogens (tertiary/aromatic N) is 2. The Balaban J connectivity index is 2.34. The summed E-state index contributed by atoms with van der Waals surface area (Å²) in [6.45, 7) is 3.41. The molecule has 2 unspecified atom stereocenters. The summed E-state index contributed by atoms with van der Waals surface area (Å²) in [5.74, 6) is 1.40. The number of nitrogens with one attached hydrogen (secondary N) is 1. The van der Waals surface area contributed by atoms with Crippen LogP contribution in [0.5, 0.6) is 0 Å². The quantitative estimate of drug-likeness (QED) is 0.767. The van der Waals surface area contributed by atoms with Crippen molar-refractivity contribution < 1.29 is 0 Å². The van der Waals surface area contributed by atoms with Gasteiger partial charge >= 0.3 is 0 Å². The third-order valence-electron chi connectivity index (χ3n) is 3.40. The number of fused-ring (bicyclic) bond motifs is 1. The van der Waals surface area contributed by atoms with Crippen LogP contribution in [0.1, 0.15) is 30.5 Å². The normalized spacial score (nSPS) is 26.2. The van der Waals surface area contributed by atoms with E-state index in [1.54, 1.807) is 0 Å². The Bertz CT molecular complexity index is 316. The van der Waals surface area contributed by atoms with Gasteiger partial charge in [0.2, 0.25) is 0 Å². The van der Waals surface area contributed by atoms with Crippen molar-refractivity contribution in [3.63, 3.8) is 0 Å². The minimum atomic E-state index is 0.635. The molecule has 14 heavy (non-hydrogen) atoms. The Hall–Kier alpha value is -0.830. The summed E-state index contributed by atoms with van der Waals surface area (Å²) in [7, 11) is 4.08. The fraction of sp³-hybridized carbons (Fsp3) is 0.727. The van der Waals surface area contributed by atoms with E-state index in [1.807, 2.05) is 17.9 Å². The summed E-state index contributed by atoms with van der Waals surface area (Å²) in [6.07, 6.45) is 4.53. The van der Waals surface area contributed by atoms with Gasteiger partial charge in [-0.05, 0) is 31.4 Å². The van der Waals surface area contributed by atoms with Crippen molar-refractivity contribution in [1.29, 1.82) is 0 Å². The van der Waals surface area contributed by atoms with E-state index >= 15 is 0 Å². The van der Waals surface area contributed by atoms with Gasteiger partial charge in [0, 0.05) is 25.2 Å². The Morgan fingerprint density at radius 1 is 1.64 bits per heavy atom. The van der Waals surface area contributed by atoms with Crippen molar-refractivity contribution in [3.8, 4) is 0 Å². The van der Waals surface area contributed by atoms with Gasteiger partial charge < -0.3 is 5.32 Å². The first kappa shape index (κ1) is 9.71. The van der Waals surface area contributed by atoms with Gasteiger partial charge in [-0.3, -0.25) is 4.68 Å². The summed E-state index contributed by atoms with van der Waals surface area (Å²) in [4.78, 5) is 0. The molecule has 1 heterocycles. The molecule has 2 rings (SSSR count). The summed E-state index contributed by atoms with van der Waals surface area (Å²) >= 11 is 0. The van der Waals surface area contributed by atoms with E-state index in [4.69, 9.17) is 0 Å². The Morgan fingerprint density at radius 3 is 3.14 bits per heavy atom. The molecule has 1 aromatic heterocycles. The van der Waals surface area contributed by atoms with Crippen LogP contribution in [0.15, 0.2) is 6.20 Å². The van der Waals surface area contributed by atoms with Crippen molar-refractivity contribution in [2.24, 2.45) is 13.0 Å². The van der Waals surface area contributed by atoms with Crippen molar-refractivity contribution in [3.05, 3.63) is 17.5 Å². The van der Waals surface area contributed by atoms with Crippen molar-refractivity contribution in [2.75, 3.05) is 13.6 Å². The molecular weight excluding hydrogens is 174 g/mol. The van der Waals surface area contributed by atoms with Crippen molar-refractivity contribution in [2.45, 2.75) is 25.7 Å². The second-order valence-electron chi connectivity index (χ2n) is 4.36. The predicted molar refractivity (Wildman–Crippen MR) is 57.4 cm³/mol. The standard InChI is InChI=1S/C11H19N3/c1-8-4-5-9-6-13-14(3)11(9)10(8)7-12-2/h6,8,10,12H,4-5,7H2,1-3H3. The molecule has 1 N–H and O–H groups in total. The maximum atomic E-state index is 4.35. The van der Waals surface area contributed by atoms with Crippen LogP contribution in [0, 0.1) is 5.92 Å². The largest absolute Gasteiger partial charge is 0.319 e. The molecule has 0 aliphatic heterocycles. The monoisotopic (exact) mass is 193 g/mol. The Kier molecular flexibility index (Phi) is 2.59. The van der Waals surface area contributed by atoms with Gasteiger partial charge in [0.05, 0.1) is 6.20 Å². The first-order chi connectivity index (χ1) is 6.74. The van der Waals surface area contributed by atoms with Gasteiger partial charge in [-0.15, -0.1) is 0 Å². The second-order valence-corrected chi connectivity index (χ2v) is 4.36. The van der Waals surface area contributed by atoms with Crippen LogP contribution in [0.25, 0.3) is 0 Å². The minimum Gasteiger partial charge on any atom is -0.319 e. The molecule has 0 aromatic carbocycles. The lowest BCUT2D eigenvalue weighted by atomic mass is 9.79. The molecule has 0 bridgehead atoms. The molecule has 78 valence electrons. The third kappa shape index (κ3) is 1.46.